The summed E-state index contributed by atoms with van der Waals surface area (Å²) in [5, 5.41) is 0.579. The summed E-state index contributed by atoms with van der Waals surface area (Å²) in [6.45, 7) is 13.9. The highest BCUT2D eigenvalue weighted by molar-refractivity contribution is 5.96. The molecule has 0 aliphatic carbocycles. The van der Waals surface area contributed by atoms with Crippen molar-refractivity contribution in [2.75, 3.05) is 18.0 Å². The first kappa shape index (κ1) is 22.8. The Hall–Kier alpha value is -2.89. The molecule has 3 rings (SSSR count). The molecule has 166 valence electrons. The van der Waals surface area contributed by atoms with Gasteiger partial charge in [-0.1, -0.05) is 31.5 Å². The maximum atomic E-state index is 13.6. The first-order valence-corrected chi connectivity index (χ1v) is 11.1. The van der Waals surface area contributed by atoms with E-state index in [1.807, 2.05) is 10.8 Å². The molecule has 2 aromatic heterocycles. The molecular weight excluding hydrogens is 388 g/mol. The molecular formula is C25H34N4O2. The number of hydrogen-bond donors (Lipinski definition) is 0. The van der Waals surface area contributed by atoms with Gasteiger partial charge in [0.05, 0.1) is 11.9 Å². The Morgan fingerprint density at radius 3 is 2.16 bits per heavy atom. The Bertz CT molecular complexity index is 1160. The molecule has 6 heteroatoms. The molecule has 0 N–H and O–H groups in total. The number of rotatable bonds is 8. The van der Waals surface area contributed by atoms with Gasteiger partial charge < -0.3 is 9.47 Å². The Morgan fingerprint density at radius 1 is 1.06 bits per heavy atom. The van der Waals surface area contributed by atoms with Gasteiger partial charge in [-0.25, -0.2) is 0 Å². The number of benzene rings is 1. The summed E-state index contributed by atoms with van der Waals surface area (Å²) in [7, 11) is 1.80. The molecule has 6 nitrogen and oxygen atoms in total. The van der Waals surface area contributed by atoms with E-state index in [1.165, 1.54) is 5.56 Å². The molecule has 0 aliphatic heterocycles. The number of ketones is 1. The van der Waals surface area contributed by atoms with Crippen LogP contribution in [0, 0.1) is 20.8 Å². The molecule has 2 heterocycles. The number of nitrogens with zero attached hydrogens (tertiary/aromatic N) is 4. The summed E-state index contributed by atoms with van der Waals surface area (Å²) in [6.07, 6.45) is 3.86. The fourth-order valence-corrected chi connectivity index (χ4v) is 4.59. The van der Waals surface area contributed by atoms with Gasteiger partial charge in [0.2, 0.25) is 5.95 Å². The van der Waals surface area contributed by atoms with Crippen molar-refractivity contribution in [3.8, 4) is 11.1 Å². The lowest BCUT2D eigenvalue weighted by atomic mass is 9.94. The number of Topliss-reactive ketones (excluding diaryl/α,β-unsaturated/α-hetero) is 1. The van der Waals surface area contributed by atoms with Crippen LogP contribution >= 0.6 is 0 Å². The lowest BCUT2D eigenvalue weighted by Crippen LogP contribution is -2.33. The number of fused-ring (bicyclic) bond motifs is 1. The van der Waals surface area contributed by atoms with Crippen LogP contribution in [0.15, 0.2) is 23.1 Å². The van der Waals surface area contributed by atoms with Crippen molar-refractivity contribution in [3.63, 3.8) is 0 Å². The minimum atomic E-state index is -0.0751. The zero-order chi connectivity index (χ0) is 22.9. The zero-order valence-corrected chi connectivity index (χ0v) is 19.9. The average molecular weight is 423 g/mol. The van der Waals surface area contributed by atoms with E-state index in [0.717, 1.165) is 48.2 Å². The third-order valence-electron chi connectivity index (χ3n) is 5.68. The lowest BCUT2D eigenvalue weighted by molar-refractivity contribution is -0.117. The average Bonchev–Trinajstić information content (AvgIpc) is 3.01. The molecule has 0 fully saturated rings. The van der Waals surface area contributed by atoms with Crippen molar-refractivity contribution in [1.29, 1.82) is 0 Å². The predicted octanol–water partition coefficient (Wildman–Crippen LogP) is 4.54. The van der Waals surface area contributed by atoms with E-state index in [9.17, 15) is 9.59 Å². The third-order valence-corrected chi connectivity index (χ3v) is 5.68. The third kappa shape index (κ3) is 4.29. The van der Waals surface area contributed by atoms with Crippen molar-refractivity contribution >= 4 is 22.8 Å². The van der Waals surface area contributed by atoms with E-state index < -0.39 is 0 Å². The van der Waals surface area contributed by atoms with Crippen LogP contribution in [-0.2, 0) is 18.4 Å². The Labute approximate surface area is 184 Å². The second kappa shape index (κ2) is 9.08. The van der Waals surface area contributed by atoms with Crippen LogP contribution < -0.4 is 10.5 Å². The largest absolute Gasteiger partial charge is 0.342 e. The van der Waals surface area contributed by atoms with Crippen LogP contribution in [0.5, 0.6) is 0 Å². The minimum absolute atomic E-state index is 0.0313. The second-order valence-electron chi connectivity index (χ2n) is 8.61. The summed E-state index contributed by atoms with van der Waals surface area (Å²) >= 11 is 0. The predicted molar refractivity (Wildman–Crippen MR) is 128 cm³/mol. The van der Waals surface area contributed by atoms with Gasteiger partial charge in [-0.15, -0.1) is 0 Å². The highest BCUT2D eigenvalue weighted by Gasteiger charge is 2.23. The van der Waals surface area contributed by atoms with E-state index in [0.29, 0.717) is 17.0 Å². The first-order valence-electron chi connectivity index (χ1n) is 11.1. The Kier molecular flexibility index (Phi) is 6.68. The molecule has 31 heavy (non-hydrogen) atoms. The summed E-state index contributed by atoms with van der Waals surface area (Å²) in [6, 6.07) is 4.26. The molecule has 0 aliphatic rings. The monoisotopic (exact) mass is 422 g/mol. The smallest absolute Gasteiger partial charge is 0.264 e. The number of hydrogen-bond acceptors (Lipinski definition) is 4. The number of aromatic nitrogens is 3. The molecule has 0 unspecified atom stereocenters. The van der Waals surface area contributed by atoms with Gasteiger partial charge in [0.25, 0.3) is 5.56 Å². The maximum absolute atomic E-state index is 13.6. The highest BCUT2D eigenvalue weighted by atomic mass is 16.1. The van der Waals surface area contributed by atoms with Gasteiger partial charge in [0, 0.05) is 31.9 Å². The van der Waals surface area contributed by atoms with E-state index in [-0.39, 0.29) is 17.9 Å². The van der Waals surface area contributed by atoms with Gasteiger partial charge >= 0.3 is 0 Å². The summed E-state index contributed by atoms with van der Waals surface area (Å²) < 4.78 is 3.50. The SMILES string of the molecule is CCCN(CCC)c1nc2c(c(-c3c(C)cc(C)cc3C)cn2CC(C)=O)c(=O)n1C. The molecule has 0 radical (unpaired) electrons. The van der Waals surface area contributed by atoms with E-state index in [4.69, 9.17) is 4.98 Å². The van der Waals surface area contributed by atoms with Gasteiger partial charge in [-0.05, 0) is 57.2 Å². The molecule has 0 spiro atoms. The number of carbonyl (C=O) groups is 1. The van der Waals surface area contributed by atoms with Crippen LogP contribution in [0.4, 0.5) is 5.95 Å². The summed E-state index contributed by atoms with van der Waals surface area (Å²) in [5.74, 6) is 0.691. The molecule has 1 aromatic carbocycles. The van der Waals surface area contributed by atoms with Crippen LogP contribution in [0.1, 0.15) is 50.3 Å². The molecule has 0 amide bonds. The van der Waals surface area contributed by atoms with Gasteiger partial charge in [0.1, 0.15) is 5.78 Å². The van der Waals surface area contributed by atoms with Crippen molar-refractivity contribution in [2.45, 2.75) is 60.9 Å². The maximum Gasteiger partial charge on any atom is 0.264 e. The van der Waals surface area contributed by atoms with Gasteiger partial charge in [-0.3, -0.25) is 14.2 Å². The van der Waals surface area contributed by atoms with Gasteiger partial charge in [0.15, 0.2) is 5.65 Å². The fourth-order valence-electron chi connectivity index (χ4n) is 4.59. The van der Waals surface area contributed by atoms with E-state index in [2.05, 4.69) is 51.7 Å². The number of carbonyl (C=O) groups excluding carboxylic acids is 1. The Morgan fingerprint density at radius 2 is 1.65 bits per heavy atom. The summed E-state index contributed by atoms with van der Waals surface area (Å²) in [4.78, 5) is 32.8. The second-order valence-corrected chi connectivity index (χ2v) is 8.61. The van der Waals surface area contributed by atoms with Crippen molar-refractivity contribution in [2.24, 2.45) is 7.05 Å². The van der Waals surface area contributed by atoms with Crippen LogP contribution in [-0.4, -0.2) is 33.0 Å². The standard InChI is InChI=1S/C25H34N4O2/c1-8-10-28(11-9-2)25-26-23-22(24(31)27(25)7)20(15-29(23)14-19(6)30)21-17(4)12-16(3)13-18(21)5/h12-13,15H,8-11,14H2,1-7H3. The lowest BCUT2D eigenvalue weighted by Gasteiger charge is -2.24. The first-order chi connectivity index (χ1) is 14.7. The van der Waals surface area contributed by atoms with Crippen LogP contribution in [0.25, 0.3) is 22.2 Å². The van der Waals surface area contributed by atoms with Crippen LogP contribution in [0.2, 0.25) is 0 Å². The van der Waals surface area contributed by atoms with Crippen molar-refractivity contribution in [3.05, 3.63) is 45.4 Å². The Balaban J connectivity index is 2.38. The fraction of sp³-hybridized carbons (Fsp3) is 0.480. The minimum Gasteiger partial charge on any atom is -0.342 e. The molecule has 0 bridgehead atoms. The van der Waals surface area contributed by atoms with Crippen molar-refractivity contribution < 1.29 is 4.79 Å². The van der Waals surface area contributed by atoms with E-state index in [1.54, 1.807) is 18.5 Å². The number of aryl methyl sites for hydroxylation is 3. The number of anilines is 1. The normalized spacial score (nSPS) is 11.3. The zero-order valence-electron chi connectivity index (χ0n) is 19.9. The van der Waals surface area contributed by atoms with Crippen LogP contribution in [0.3, 0.4) is 0 Å². The molecule has 0 saturated heterocycles. The summed E-state index contributed by atoms with van der Waals surface area (Å²) in [5.41, 5.74) is 5.82. The molecule has 0 saturated carbocycles. The van der Waals surface area contributed by atoms with E-state index >= 15 is 0 Å². The topological polar surface area (TPSA) is 60.1 Å². The molecule has 3 aromatic rings. The van der Waals surface area contributed by atoms with Crippen molar-refractivity contribution in [1.82, 2.24) is 14.1 Å². The van der Waals surface area contributed by atoms with Gasteiger partial charge in [-0.2, -0.15) is 4.98 Å². The quantitative estimate of drug-likeness (QED) is 0.535. The highest BCUT2D eigenvalue weighted by Crippen LogP contribution is 2.34. The molecule has 0 atom stereocenters.